The zero-order valence-corrected chi connectivity index (χ0v) is 8.76. The number of nitrogens with zero attached hydrogens (tertiary/aromatic N) is 1. The fraction of sp³-hybridized carbons (Fsp3) is 0.889. The Morgan fingerprint density at radius 2 is 2.12 bits per heavy atom. The van der Waals surface area contributed by atoms with Crippen LogP contribution in [-0.2, 0) is 4.79 Å². The summed E-state index contributed by atoms with van der Waals surface area (Å²) in [6, 6.07) is 0. The van der Waals surface area contributed by atoms with Crippen molar-refractivity contribution in [1.82, 2.24) is 4.90 Å². The molecule has 1 fully saturated rings. The second-order valence-electron chi connectivity index (χ2n) is 4.21. The van der Waals surface area contributed by atoms with E-state index in [2.05, 4.69) is 0 Å². The maximum atomic E-state index is 11.9. The molecule has 0 aromatic carbocycles. The van der Waals surface area contributed by atoms with Crippen LogP contribution in [0, 0.1) is 0 Å². The van der Waals surface area contributed by atoms with Gasteiger partial charge in [0.25, 0.3) is 0 Å². The Morgan fingerprint density at radius 3 is 2.56 bits per heavy atom. The van der Waals surface area contributed by atoms with Crippen LogP contribution in [0.5, 0.6) is 0 Å². The average Bonchev–Trinajstić information content (AvgIpc) is 2.47. The van der Waals surface area contributed by atoms with Crippen LogP contribution in [0.25, 0.3) is 0 Å². The van der Waals surface area contributed by atoms with Gasteiger partial charge in [-0.25, -0.2) is 0 Å². The molecule has 1 aliphatic rings. The molecular weight excluding hydrogens is 225 g/mol. The first-order chi connectivity index (χ1) is 7.23. The normalized spacial score (nSPS) is 27.2. The summed E-state index contributed by atoms with van der Waals surface area (Å²) < 4.78 is 35.6. The number of carboxylic acids is 1. The van der Waals surface area contributed by atoms with Crippen molar-refractivity contribution in [2.24, 2.45) is 5.73 Å². The Balaban J connectivity index is 2.30. The van der Waals surface area contributed by atoms with Gasteiger partial charge in [-0.05, 0) is 19.4 Å². The van der Waals surface area contributed by atoms with Crippen LogP contribution in [0.15, 0.2) is 0 Å². The van der Waals surface area contributed by atoms with E-state index in [4.69, 9.17) is 10.8 Å². The van der Waals surface area contributed by atoms with Crippen LogP contribution in [0.4, 0.5) is 13.2 Å². The van der Waals surface area contributed by atoms with E-state index in [0.717, 1.165) is 0 Å². The number of carboxylic acid groups (broad SMARTS) is 1. The fourth-order valence-electron chi connectivity index (χ4n) is 1.78. The molecule has 3 N–H and O–H groups in total. The molecule has 1 heterocycles. The maximum Gasteiger partial charge on any atom is 0.389 e. The number of alkyl halides is 3. The first-order valence-electron chi connectivity index (χ1n) is 5.04. The number of carbonyl (C=O) groups is 1. The fourth-order valence-corrected chi connectivity index (χ4v) is 1.78. The number of nitrogens with two attached hydrogens (primary N) is 1. The Labute approximate surface area is 91.2 Å². The second kappa shape index (κ2) is 4.58. The summed E-state index contributed by atoms with van der Waals surface area (Å²) in [6.07, 6.45) is -4.71. The number of hydrogen-bond donors (Lipinski definition) is 2. The van der Waals surface area contributed by atoms with E-state index in [1.807, 2.05) is 0 Å². The lowest BCUT2D eigenvalue weighted by atomic mass is 10.0. The highest BCUT2D eigenvalue weighted by atomic mass is 19.4. The molecule has 0 aliphatic carbocycles. The Hall–Kier alpha value is -0.820. The van der Waals surface area contributed by atoms with E-state index in [-0.39, 0.29) is 25.9 Å². The zero-order valence-electron chi connectivity index (χ0n) is 8.76. The number of halogens is 3. The lowest BCUT2D eigenvalue weighted by molar-refractivity contribution is -0.143. The summed E-state index contributed by atoms with van der Waals surface area (Å²) in [4.78, 5) is 12.4. The number of rotatable bonds is 4. The quantitative estimate of drug-likeness (QED) is 0.763. The van der Waals surface area contributed by atoms with Crippen LogP contribution >= 0.6 is 0 Å². The van der Waals surface area contributed by atoms with Crippen LogP contribution in [-0.4, -0.2) is 47.3 Å². The van der Waals surface area contributed by atoms with Crippen LogP contribution in [0.3, 0.4) is 0 Å². The smallest absolute Gasteiger partial charge is 0.389 e. The van der Waals surface area contributed by atoms with Gasteiger partial charge >= 0.3 is 12.1 Å². The molecule has 0 aromatic heterocycles. The summed E-state index contributed by atoms with van der Waals surface area (Å²) in [7, 11) is 0. The molecule has 0 spiro atoms. The largest absolute Gasteiger partial charge is 0.480 e. The van der Waals surface area contributed by atoms with Gasteiger partial charge < -0.3 is 15.7 Å². The number of aliphatic carboxylic acids is 1. The Kier molecular flexibility index (Phi) is 3.80. The van der Waals surface area contributed by atoms with Crippen molar-refractivity contribution >= 4 is 5.97 Å². The van der Waals surface area contributed by atoms with Gasteiger partial charge in [-0.2, -0.15) is 13.2 Å². The van der Waals surface area contributed by atoms with Crippen molar-refractivity contribution in [2.75, 3.05) is 19.6 Å². The maximum absolute atomic E-state index is 11.9. The lowest BCUT2D eigenvalue weighted by Gasteiger charge is -2.20. The summed E-state index contributed by atoms with van der Waals surface area (Å²) in [6.45, 7) is 0.812. The molecule has 0 amide bonds. The van der Waals surface area contributed by atoms with Gasteiger partial charge in [-0.3, -0.25) is 4.79 Å². The minimum Gasteiger partial charge on any atom is -0.480 e. The minimum absolute atomic E-state index is 0.0147. The first-order valence-corrected chi connectivity index (χ1v) is 5.04. The molecule has 94 valence electrons. The molecule has 1 unspecified atom stereocenters. The predicted molar refractivity (Wildman–Crippen MR) is 50.9 cm³/mol. The van der Waals surface area contributed by atoms with Gasteiger partial charge in [-0.15, -0.1) is 0 Å². The van der Waals surface area contributed by atoms with E-state index in [1.54, 1.807) is 4.90 Å². The summed E-state index contributed by atoms with van der Waals surface area (Å²) in [5.41, 5.74) is 4.29. The van der Waals surface area contributed by atoms with Crippen molar-refractivity contribution in [1.29, 1.82) is 0 Å². The monoisotopic (exact) mass is 240 g/mol. The highest BCUT2D eigenvalue weighted by Crippen LogP contribution is 2.23. The lowest BCUT2D eigenvalue weighted by Crippen LogP contribution is -2.50. The van der Waals surface area contributed by atoms with E-state index in [0.29, 0.717) is 6.54 Å². The summed E-state index contributed by atoms with van der Waals surface area (Å²) >= 11 is 0. The third-order valence-corrected chi connectivity index (χ3v) is 2.74. The van der Waals surface area contributed by atoms with Crippen molar-refractivity contribution < 1.29 is 23.1 Å². The highest BCUT2D eigenvalue weighted by molar-refractivity contribution is 5.79. The van der Waals surface area contributed by atoms with Gasteiger partial charge in [0.15, 0.2) is 0 Å². The molecule has 0 saturated carbocycles. The van der Waals surface area contributed by atoms with E-state index < -0.39 is 24.1 Å². The molecule has 1 aliphatic heterocycles. The van der Waals surface area contributed by atoms with Gasteiger partial charge in [0, 0.05) is 19.5 Å². The van der Waals surface area contributed by atoms with Crippen LogP contribution < -0.4 is 5.73 Å². The second-order valence-corrected chi connectivity index (χ2v) is 4.21. The van der Waals surface area contributed by atoms with Crippen molar-refractivity contribution in [3.8, 4) is 0 Å². The predicted octanol–water partition coefficient (Wildman–Crippen LogP) is 0.817. The van der Waals surface area contributed by atoms with Crippen molar-refractivity contribution in [2.45, 2.75) is 31.0 Å². The van der Waals surface area contributed by atoms with Crippen molar-refractivity contribution in [3.05, 3.63) is 0 Å². The topological polar surface area (TPSA) is 66.6 Å². The third-order valence-electron chi connectivity index (χ3n) is 2.74. The zero-order chi connectivity index (χ0) is 12.4. The number of hydrogen-bond acceptors (Lipinski definition) is 3. The molecule has 16 heavy (non-hydrogen) atoms. The molecule has 1 rings (SSSR count). The molecular formula is C9H15F3N2O2. The molecule has 1 atom stereocenters. The number of likely N-dealkylation sites (tertiary alicyclic amines) is 1. The molecule has 0 bridgehead atoms. The van der Waals surface area contributed by atoms with Gasteiger partial charge in [0.2, 0.25) is 0 Å². The molecule has 7 heteroatoms. The molecule has 1 saturated heterocycles. The SMILES string of the molecule is NC1(C(=O)O)CCN(CCCC(F)(F)F)C1. The Morgan fingerprint density at radius 1 is 1.50 bits per heavy atom. The molecule has 0 aromatic rings. The van der Waals surface area contributed by atoms with Crippen molar-refractivity contribution in [3.63, 3.8) is 0 Å². The highest BCUT2D eigenvalue weighted by Gasteiger charge is 2.41. The molecule has 4 nitrogen and oxygen atoms in total. The van der Waals surface area contributed by atoms with E-state index >= 15 is 0 Å². The third kappa shape index (κ3) is 3.64. The first kappa shape index (κ1) is 13.2. The summed E-state index contributed by atoms with van der Waals surface area (Å²) in [5.74, 6) is -1.09. The van der Waals surface area contributed by atoms with E-state index in [9.17, 15) is 18.0 Å². The van der Waals surface area contributed by atoms with Crippen LogP contribution in [0.1, 0.15) is 19.3 Å². The molecule has 0 radical (unpaired) electrons. The van der Waals surface area contributed by atoms with E-state index in [1.165, 1.54) is 0 Å². The van der Waals surface area contributed by atoms with Gasteiger partial charge in [0.05, 0.1) is 0 Å². The summed E-state index contributed by atoms with van der Waals surface area (Å²) in [5, 5.41) is 8.81. The Bertz CT molecular complexity index is 270. The van der Waals surface area contributed by atoms with Gasteiger partial charge in [-0.1, -0.05) is 0 Å². The minimum atomic E-state index is -4.15. The van der Waals surface area contributed by atoms with Gasteiger partial charge in [0.1, 0.15) is 5.54 Å². The standard InChI is InChI=1S/C9H15F3N2O2/c10-9(11,12)2-1-4-14-5-3-8(13,6-14)7(15)16/h1-6,13H2,(H,15,16). The average molecular weight is 240 g/mol. The van der Waals surface area contributed by atoms with Crippen LogP contribution in [0.2, 0.25) is 0 Å².